The van der Waals surface area contributed by atoms with Crippen LogP contribution in [0.25, 0.3) is 0 Å². The summed E-state index contributed by atoms with van der Waals surface area (Å²) in [4.78, 5) is 4.79. The van der Waals surface area contributed by atoms with E-state index in [1.807, 2.05) is 18.2 Å². The van der Waals surface area contributed by atoms with Gasteiger partial charge in [-0.2, -0.15) is 0 Å². The lowest BCUT2D eigenvalue weighted by atomic mass is 10.1. The molecule has 0 saturated carbocycles. The summed E-state index contributed by atoms with van der Waals surface area (Å²) in [5, 5.41) is 0. The molecule has 3 N–H and O–H groups in total. The Hall–Kier alpha value is -0.280. The number of alkyl halides is 2. The molecule has 0 fully saturated rings. The number of quaternary nitrogens is 1. The first-order valence-electron chi connectivity index (χ1n) is 3.90. The molecule has 0 bridgehead atoms. The Morgan fingerprint density at radius 3 is 1.85 bits per heavy atom. The summed E-state index contributed by atoms with van der Waals surface area (Å²) in [5.41, 5.74) is 3.18. The molecule has 0 radical (unpaired) electrons. The van der Waals surface area contributed by atoms with Gasteiger partial charge in [0.2, 0.25) is 0 Å². The highest BCUT2D eigenvalue weighted by molar-refractivity contribution is 6.17. The van der Waals surface area contributed by atoms with Crippen molar-refractivity contribution in [3.05, 3.63) is 34.9 Å². The Morgan fingerprint density at radius 2 is 1.46 bits per heavy atom. The highest BCUT2D eigenvalue weighted by atomic mass is 35.5. The second kappa shape index (κ2) is 5.45. The maximum absolute atomic E-state index is 5.73. The van der Waals surface area contributed by atoms with E-state index in [1.54, 1.807) is 0 Å². The second-order valence-corrected chi connectivity index (χ2v) is 3.31. The van der Waals surface area contributed by atoms with Crippen LogP contribution in [0.1, 0.15) is 16.7 Å². The zero-order chi connectivity index (χ0) is 9.68. The topological polar surface area (TPSA) is 36.9 Å². The summed E-state index contributed by atoms with van der Waals surface area (Å²) >= 11 is 11.5. The first kappa shape index (κ1) is 10.8. The predicted octanol–water partition coefficient (Wildman–Crippen LogP) is 1.84. The van der Waals surface area contributed by atoms with Crippen molar-refractivity contribution in [2.75, 3.05) is 0 Å². The third-order valence-electron chi connectivity index (χ3n) is 1.69. The van der Waals surface area contributed by atoms with Crippen molar-refractivity contribution >= 4 is 23.2 Å². The molecular weight excluding hydrogens is 209 g/mol. The Bertz CT molecular complexity index is 256. The highest BCUT2D eigenvalue weighted by Gasteiger charge is 2.00. The van der Waals surface area contributed by atoms with Crippen LogP contribution in [0, 0.1) is 0 Å². The van der Waals surface area contributed by atoms with Gasteiger partial charge in [0, 0.05) is 11.8 Å². The molecular formula is C9H12Cl2NO+. The smallest absolute Gasteiger partial charge is 0.131 e. The molecule has 0 saturated heterocycles. The van der Waals surface area contributed by atoms with Gasteiger partial charge in [-0.1, -0.05) is 18.2 Å². The quantitative estimate of drug-likeness (QED) is 0.611. The van der Waals surface area contributed by atoms with E-state index < -0.39 is 0 Å². The molecule has 0 heterocycles. The summed E-state index contributed by atoms with van der Waals surface area (Å²) in [7, 11) is 0. The molecule has 1 rings (SSSR count). The van der Waals surface area contributed by atoms with Gasteiger partial charge < -0.3 is 0 Å². The van der Waals surface area contributed by atoms with Crippen LogP contribution in [0.3, 0.4) is 0 Å². The third-order valence-corrected chi connectivity index (χ3v) is 2.31. The minimum atomic E-state index is 0.495. The number of hydrogen-bond donors (Lipinski definition) is 1. The summed E-state index contributed by atoms with van der Waals surface area (Å²) in [6, 6.07) is 5.98. The molecule has 0 unspecified atom stereocenters. The van der Waals surface area contributed by atoms with Crippen LogP contribution in [-0.2, 0) is 23.2 Å². The second-order valence-electron chi connectivity index (χ2n) is 2.77. The lowest BCUT2D eigenvalue weighted by Gasteiger charge is -2.04. The summed E-state index contributed by atoms with van der Waals surface area (Å²) in [6.07, 6.45) is 0. The van der Waals surface area contributed by atoms with E-state index in [1.165, 1.54) is 0 Å². The summed E-state index contributed by atoms with van der Waals surface area (Å²) < 4.78 is 0. The Morgan fingerprint density at radius 1 is 1.00 bits per heavy atom. The molecule has 0 atom stereocenters. The van der Waals surface area contributed by atoms with Crippen LogP contribution in [0.4, 0.5) is 0 Å². The molecule has 0 aliphatic heterocycles. The Balaban J connectivity index is 2.93. The van der Waals surface area contributed by atoms with Crippen molar-refractivity contribution in [3.63, 3.8) is 0 Å². The number of benzene rings is 1. The van der Waals surface area contributed by atoms with Gasteiger partial charge in [-0.05, 0) is 16.7 Å². The van der Waals surface area contributed by atoms with Crippen molar-refractivity contribution in [1.29, 1.82) is 0 Å². The molecule has 72 valence electrons. The van der Waals surface area contributed by atoms with Gasteiger partial charge >= 0.3 is 0 Å². The Labute approximate surface area is 87.5 Å². The van der Waals surface area contributed by atoms with Crippen LogP contribution < -0.4 is 5.90 Å². The average Bonchev–Trinajstić information content (AvgIpc) is 2.17. The van der Waals surface area contributed by atoms with Gasteiger partial charge in [0.05, 0.1) is 0 Å². The van der Waals surface area contributed by atoms with Crippen molar-refractivity contribution in [3.8, 4) is 0 Å². The van der Waals surface area contributed by atoms with E-state index in [-0.39, 0.29) is 0 Å². The molecule has 4 heteroatoms. The van der Waals surface area contributed by atoms with Crippen LogP contribution in [0.2, 0.25) is 0 Å². The fourth-order valence-corrected chi connectivity index (χ4v) is 1.50. The number of halogens is 2. The first-order valence-corrected chi connectivity index (χ1v) is 4.97. The number of hydrogen-bond acceptors (Lipinski definition) is 1. The van der Waals surface area contributed by atoms with Gasteiger partial charge in [0.1, 0.15) is 6.61 Å². The molecule has 2 nitrogen and oxygen atoms in total. The fourth-order valence-electron chi connectivity index (χ4n) is 1.19. The van der Waals surface area contributed by atoms with Gasteiger partial charge in [-0.15, -0.1) is 23.2 Å². The van der Waals surface area contributed by atoms with E-state index in [4.69, 9.17) is 28.0 Å². The number of rotatable bonds is 4. The van der Waals surface area contributed by atoms with Crippen molar-refractivity contribution in [1.82, 2.24) is 0 Å². The average molecular weight is 221 g/mol. The molecule has 0 aromatic heterocycles. The molecule has 13 heavy (non-hydrogen) atoms. The van der Waals surface area contributed by atoms with E-state index in [0.29, 0.717) is 18.4 Å². The van der Waals surface area contributed by atoms with Gasteiger partial charge in [-0.25, -0.2) is 10.7 Å². The van der Waals surface area contributed by atoms with Crippen molar-refractivity contribution in [2.45, 2.75) is 18.4 Å². The molecule has 0 aliphatic carbocycles. The van der Waals surface area contributed by atoms with Gasteiger partial charge in [0.25, 0.3) is 0 Å². The van der Waals surface area contributed by atoms with Crippen LogP contribution in [-0.4, -0.2) is 0 Å². The highest BCUT2D eigenvalue weighted by Crippen LogP contribution is 2.14. The monoisotopic (exact) mass is 220 g/mol. The summed E-state index contributed by atoms with van der Waals surface area (Å²) in [5.74, 6) is 4.32. The van der Waals surface area contributed by atoms with E-state index >= 15 is 0 Å². The molecule has 0 spiro atoms. The molecule has 1 aromatic carbocycles. The van der Waals surface area contributed by atoms with Crippen LogP contribution in [0.15, 0.2) is 18.2 Å². The standard InChI is InChI=1S/C9H12Cl2NO/c10-4-7-1-8(5-11)3-9(2-7)6-13-12/h1-3H,4-6H2,12H3/q+1. The lowest BCUT2D eigenvalue weighted by Crippen LogP contribution is -2.48. The SMILES string of the molecule is [NH3+]OCc1cc(CCl)cc(CCl)c1. The van der Waals surface area contributed by atoms with Gasteiger partial charge in [-0.3, -0.25) is 0 Å². The zero-order valence-electron chi connectivity index (χ0n) is 7.22. The minimum Gasteiger partial charge on any atom is -0.212 e. The maximum atomic E-state index is 5.73. The van der Waals surface area contributed by atoms with Crippen LogP contribution >= 0.6 is 23.2 Å². The Kier molecular flexibility index (Phi) is 4.53. The molecule has 0 amide bonds. The predicted molar refractivity (Wildman–Crippen MR) is 53.2 cm³/mol. The van der Waals surface area contributed by atoms with E-state index in [0.717, 1.165) is 16.7 Å². The first-order chi connectivity index (χ1) is 6.30. The molecule has 1 aromatic rings. The normalized spacial score (nSPS) is 10.4. The van der Waals surface area contributed by atoms with E-state index in [9.17, 15) is 0 Å². The maximum Gasteiger partial charge on any atom is 0.131 e. The van der Waals surface area contributed by atoms with Gasteiger partial charge in [0.15, 0.2) is 0 Å². The molecule has 0 aliphatic rings. The summed E-state index contributed by atoms with van der Waals surface area (Å²) in [6.45, 7) is 0.495. The lowest BCUT2D eigenvalue weighted by molar-refractivity contribution is -0.695. The largest absolute Gasteiger partial charge is 0.212 e. The fraction of sp³-hybridized carbons (Fsp3) is 0.333. The minimum absolute atomic E-state index is 0.495. The van der Waals surface area contributed by atoms with E-state index in [2.05, 4.69) is 5.90 Å². The van der Waals surface area contributed by atoms with Crippen molar-refractivity contribution in [2.24, 2.45) is 0 Å². The van der Waals surface area contributed by atoms with Crippen molar-refractivity contribution < 1.29 is 10.7 Å². The zero-order valence-corrected chi connectivity index (χ0v) is 8.74. The van der Waals surface area contributed by atoms with Crippen LogP contribution in [0.5, 0.6) is 0 Å². The third kappa shape index (κ3) is 3.16.